The van der Waals surface area contributed by atoms with Gasteiger partial charge in [0.2, 0.25) is 5.91 Å². The molecule has 2 N–H and O–H groups in total. The maximum atomic E-state index is 11.4. The molecule has 1 saturated heterocycles. The first kappa shape index (κ1) is 11.8. The monoisotopic (exact) mass is 234 g/mol. The van der Waals surface area contributed by atoms with Crippen LogP contribution in [0.1, 0.15) is 19.3 Å². The highest BCUT2D eigenvalue weighted by atomic mass is 16.5. The number of hydrogen-bond acceptors (Lipinski definition) is 3. The predicted octanol–water partition coefficient (Wildman–Crippen LogP) is 1.66. The summed E-state index contributed by atoms with van der Waals surface area (Å²) in [6.07, 6.45) is 2.54. The molecular formula is C13H18N2O2. The SMILES string of the molecule is Nc1ccccc1OCCCN1CCCC1=O. The number of likely N-dealkylation sites (tertiary alicyclic amines) is 1. The fraction of sp³-hybridized carbons (Fsp3) is 0.462. The van der Waals surface area contributed by atoms with Crippen molar-refractivity contribution in [2.75, 3.05) is 25.4 Å². The number of rotatable bonds is 5. The molecule has 0 unspecified atom stereocenters. The lowest BCUT2D eigenvalue weighted by Crippen LogP contribution is -2.26. The minimum atomic E-state index is 0.268. The zero-order valence-corrected chi connectivity index (χ0v) is 9.89. The summed E-state index contributed by atoms with van der Waals surface area (Å²) in [6, 6.07) is 7.45. The standard InChI is InChI=1S/C13H18N2O2/c14-11-5-1-2-6-12(11)17-10-4-9-15-8-3-7-13(15)16/h1-2,5-6H,3-4,7-10,14H2. The van der Waals surface area contributed by atoms with E-state index in [1.54, 1.807) is 0 Å². The van der Waals surface area contributed by atoms with Crippen molar-refractivity contribution in [1.29, 1.82) is 0 Å². The van der Waals surface area contributed by atoms with Gasteiger partial charge in [-0.1, -0.05) is 12.1 Å². The molecule has 1 aromatic rings. The van der Waals surface area contributed by atoms with Crippen molar-refractivity contribution in [3.63, 3.8) is 0 Å². The lowest BCUT2D eigenvalue weighted by Gasteiger charge is -2.15. The smallest absolute Gasteiger partial charge is 0.222 e. The highest BCUT2D eigenvalue weighted by molar-refractivity contribution is 5.77. The lowest BCUT2D eigenvalue weighted by molar-refractivity contribution is -0.127. The van der Waals surface area contributed by atoms with Gasteiger partial charge in [-0.2, -0.15) is 0 Å². The van der Waals surface area contributed by atoms with Gasteiger partial charge in [-0.3, -0.25) is 4.79 Å². The van der Waals surface area contributed by atoms with E-state index in [9.17, 15) is 4.79 Å². The Hall–Kier alpha value is -1.71. The van der Waals surface area contributed by atoms with Gasteiger partial charge in [0.1, 0.15) is 5.75 Å². The number of nitrogens with zero attached hydrogens (tertiary/aromatic N) is 1. The van der Waals surface area contributed by atoms with E-state index in [0.717, 1.165) is 31.7 Å². The third-order valence-electron chi connectivity index (χ3n) is 2.92. The van der Waals surface area contributed by atoms with E-state index in [-0.39, 0.29) is 5.91 Å². The first-order valence-electron chi connectivity index (χ1n) is 6.02. The van der Waals surface area contributed by atoms with Crippen LogP contribution < -0.4 is 10.5 Å². The molecule has 17 heavy (non-hydrogen) atoms. The molecule has 0 spiro atoms. The third-order valence-corrected chi connectivity index (χ3v) is 2.92. The summed E-state index contributed by atoms with van der Waals surface area (Å²) >= 11 is 0. The van der Waals surface area contributed by atoms with Gasteiger partial charge in [-0.05, 0) is 25.0 Å². The van der Waals surface area contributed by atoms with Crippen molar-refractivity contribution in [3.05, 3.63) is 24.3 Å². The highest BCUT2D eigenvalue weighted by Gasteiger charge is 2.18. The molecule has 0 aliphatic carbocycles. The number of anilines is 1. The predicted molar refractivity (Wildman–Crippen MR) is 66.8 cm³/mol. The number of carbonyl (C=O) groups excluding carboxylic acids is 1. The van der Waals surface area contributed by atoms with Gasteiger partial charge >= 0.3 is 0 Å². The molecule has 4 heteroatoms. The summed E-state index contributed by atoms with van der Waals surface area (Å²) in [5, 5.41) is 0. The molecule has 0 atom stereocenters. The lowest BCUT2D eigenvalue weighted by atomic mass is 10.3. The zero-order chi connectivity index (χ0) is 12.1. The second kappa shape index (κ2) is 5.57. The molecule has 1 heterocycles. The van der Waals surface area contributed by atoms with Gasteiger partial charge in [0.25, 0.3) is 0 Å². The summed E-state index contributed by atoms with van der Waals surface area (Å²) in [5.41, 5.74) is 6.41. The average Bonchev–Trinajstić information content (AvgIpc) is 2.73. The Morgan fingerprint density at radius 3 is 2.88 bits per heavy atom. The van der Waals surface area contributed by atoms with Crippen LogP contribution in [0.4, 0.5) is 5.69 Å². The van der Waals surface area contributed by atoms with Crippen LogP contribution in [0.2, 0.25) is 0 Å². The maximum absolute atomic E-state index is 11.4. The normalized spacial score (nSPS) is 15.3. The topological polar surface area (TPSA) is 55.6 Å². The molecule has 0 radical (unpaired) electrons. The number of hydrogen-bond donors (Lipinski definition) is 1. The Labute approximate surface area is 101 Å². The molecule has 1 aliphatic heterocycles. The number of nitrogen functional groups attached to an aromatic ring is 1. The minimum absolute atomic E-state index is 0.268. The number of ether oxygens (including phenoxy) is 1. The van der Waals surface area contributed by atoms with Crippen LogP contribution in [-0.4, -0.2) is 30.5 Å². The molecule has 92 valence electrons. The summed E-state index contributed by atoms with van der Waals surface area (Å²) < 4.78 is 5.57. The molecule has 0 saturated carbocycles. The molecule has 1 amide bonds. The van der Waals surface area contributed by atoms with Gasteiger partial charge in [0.05, 0.1) is 12.3 Å². The van der Waals surface area contributed by atoms with E-state index < -0.39 is 0 Å². The van der Waals surface area contributed by atoms with E-state index in [1.165, 1.54) is 0 Å². The van der Waals surface area contributed by atoms with Gasteiger partial charge in [-0.15, -0.1) is 0 Å². The molecular weight excluding hydrogens is 216 g/mol. The Morgan fingerprint density at radius 2 is 2.18 bits per heavy atom. The van der Waals surface area contributed by atoms with E-state index >= 15 is 0 Å². The minimum Gasteiger partial charge on any atom is -0.491 e. The quantitative estimate of drug-likeness (QED) is 0.622. The number of para-hydroxylation sites is 2. The second-order valence-electron chi connectivity index (χ2n) is 4.22. The Balaban J connectivity index is 1.70. The fourth-order valence-corrected chi connectivity index (χ4v) is 1.99. The van der Waals surface area contributed by atoms with Gasteiger partial charge in [0, 0.05) is 19.5 Å². The van der Waals surface area contributed by atoms with E-state index in [1.807, 2.05) is 29.2 Å². The van der Waals surface area contributed by atoms with E-state index in [0.29, 0.717) is 18.7 Å². The molecule has 4 nitrogen and oxygen atoms in total. The van der Waals surface area contributed by atoms with E-state index in [4.69, 9.17) is 10.5 Å². The average molecular weight is 234 g/mol. The molecule has 1 aromatic carbocycles. The van der Waals surface area contributed by atoms with Crippen LogP contribution in [-0.2, 0) is 4.79 Å². The largest absolute Gasteiger partial charge is 0.491 e. The Kier molecular flexibility index (Phi) is 3.85. The second-order valence-corrected chi connectivity index (χ2v) is 4.22. The summed E-state index contributed by atoms with van der Waals surface area (Å²) in [5.74, 6) is 0.990. The van der Waals surface area contributed by atoms with Crippen LogP contribution in [0, 0.1) is 0 Å². The van der Waals surface area contributed by atoms with Gasteiger partial charge in [-0.25, -0.2) is 0 Å². The van der Waals surface area contributed by atoms with Crippen molar-refractivity contribution >= 4 is 11.6 Å². The molecule has 0 bridgehead atoms. The zero-order valence-electron chi connectivity index (χ0n) is 9.89. The van der Waals surface area contributed by atoms with Crippen LogP contribution >= 0.6 is 0 Å². The van der Waals surface area contributed by atoms with Crippen molar-refractivity contribution in [3.8, 4) is 5.75 Å². The van der Waals surface area contributed by atoms with Crippen LogP contribution in [0.3, 0.4) is 0 Å². The summed E-state index contributed by atoms with van der Waals surface area (Å²) in [7, 11) is 0. The third kappa shape index (κ3) is 3.12. The summed E-state index contributed by atoms with van der Waals surface area (Å²) in [4.78, 5) is 13.3. The Morgan fingerprint density at radius 1 is 1.35 bits per heavy atom. The van der Waals surface area contributed by atoms with Crippen molar-refractivity contribution in [1.82, 2.24) is 4.90 Å². The van der Waals surface area contributed by atoms with Crippen LogP contribution in [0.25, 0.3) is 0 Å². The molecule has 2 rings (SSSR count). The Bertz CT molecular complexity index is 393. The first-order valence-corrected chi connectivity index (χ1v) is 6.02. The first-order chi connectivity index (χ1) is 8.27. The van der Waals surface area contributed by atoms with Gasteiger partial charge in [0.15, 0.2) is 0 Å². The summed E-state index contributed by atoms with van der Waals surface area (Å²) in [6.45, 7) is 2.27. The van der Waals surface area contributed by atoms with Crippen molar-refractivity contribution in [2.24, 2.45) is 0 Å². The highest BCUT2D eigenvalue weighted by Crippen LogP contribution is 2.19. The number of benzene rings is 1. The van der Waals surface area contributed by atoms with Gasteiger partial charge < -0.3 is 15.4 Å². The molecule has 1 aliphatic rings. The van der Waals surface area contributed by atoms with Crippen molar-refractivity contribution in [2.45, 2.75) is 19.3 Å². The number of carbonyl (C=O) groups is 1. The van der Waals surface area contributed by atoms with Crippen LogP contribution in [0.5, 0.6) is 5.75 Å². The maximum Gasteiger partial charge on any atom is 0.222 e. The number of nitrogens with two attached hydrogens (primary N) is 1. The van der Waals surface area contributed by atoms with E-state index in [2.05, 4.69) is 0 Å². The number of amides is 1. The molecule has 1 fully saturated rings. The fourth-order valence-electron chi connectivity index (χ4n) is 1.99. The molecule has 0 aromatic heterocycles. The van der Waals surface area contributed by atoms with Crippen LogP contribution in [0.15, 0.2) is 24.3 Å². The van der Waals surface area contributed by atoms with Crippen molar-refractivity contribution < 1.29 is 9.53 Å².